The van der Waals surface area contributed by atoms with Gasteiger partial charge in [0, 0.05) is 110 Å². The molecule has 9 rings (SSSR count). The smallest absolute Gasteiger partial charge is 0.412 e. The van der Waals surface area contributed by atoms with E-state index in [0.29, 0.717) is 163 Å². The van der Waals surface area contributed by atoms with Gasteiger partial charge < -0.3 is 38.5 Å². The Hall–Kier alpha value is -9.82. The number of hydrogen-bond acceptors (Lipinski definition) is 20. The Kier molecular flexibility index (Phi) is 23.3. The van der Waals surface area contributed by atoms with Gasteiger partial charge in [-0.1, -0.05) is 0 Å². The summed E-state index contributed by atoms with van der Waals surface area (Å²) in [5.41, 5.74) is 5.30. The Morgan fingerprint density at radius 3 is 0.833 bits per heavy atom. The summed E-state index contributed by atoms with van der Waals surface area (Å²) in [6.07, 6.45) is 1.14. The number of nitrogens with zero attached hydrogens (tertiary/aromatic N) is 12. The van der Waals surface area contributed by atoms with E-state index in [1.165, 1.54) is 0 Å². The molecule has 0 atom stereocenters. The molecule has 6 amide bonds. The highest BCUT2D eigenvalue weighted by Crippen LogP contribution is 2.19. The number of aryl methyl sites for hydroxylation is 4. The molecule has 9 heterocycles. The monoisotopic (exact) mass is 1230 g/mol. The molecule has 0 radical (unpaired) electrons. The van der Waals surface area contributed by atoms with Crippen LogP contribution in [0.5, 0.6) is 0 Å². The lowest BCUT2D eigenvalue weighted by atomic mass is 10.2. The van der Waals surface area contributed by atoms with Crippen LogP contribution in [0.4, 0.5) is 42.4 Å². The van der Waals surface area contributed by atoms with Crippen molar-refractivity contribution in [3.8, 4) is 0 Å². The molecule has 0 bridgehead atoms. The number of piperazine rings is 1. The minimum atomic E-state index is -0.642. The first-order chi connectivity index (χ1) is 43.6. The van der Waals surface area contributed by atoms with Crippen LogP contribution in [-0.2, 0) is 28.5 Å². The maximum Gasteiger partial charge on any atom is 0.412 e. The van der Waals surface area contributed by atoms with Crippen molar-refractivity contribution in [1.29, 1.82) is 0 Å². The predicted molar refractivity (Wildman–Crippen MR) is 340 cm³/mol. The number of carbonyl (C=O) groups excluding carboxylic acids is 6. The van der Waals surface area contributed by atoms with Crippen LogP contribution in [0.3, 0.4) is 0 Å². The molecule has 26 heteroatoms. The second-order valence-electron chi connectivity index (χ2n) is 21.9. The van der Waals surface area contributed by atoms with Crippen LogP contribution in [0, 0.1) is 27.7 Å². The van der Waals surface area contributed by atoms with Crippen molar-refractivity contribution in [1.82, 2.24) is 59.5 Å². The lowest BCUT2D eigenvalue weighted by Crippen LogP contribution is -2.50. The van der Waals surface area contributed by atoms with Crippen molar-refractivity contribution in [3.05, 3.63) is 120 Å². The van der Waals surface area contributed by atoms with E-state index in [2.05, 4.69) is 70.9 Å². The molecule has 8 aromatic rings. The zero-order valence-electron chi connectivity index (χ0n) is 51.2. The number of carbonyl (C=O) groups is 6. The molecule has 0 spiro atoms. The molecule has 0 saturated carbocycles. The third-order valence-corrected chi connectivity index (χ3v) is 14.8. The predicted octanol–water partition coefficient (Wildman–Crippen LogP) is 9.38. The minimum Gasteiger partial charge on any atom is -0.449 e. The quantitative estimate of drug-likeness (QED) is 0.0262. The van der Waals surface area contributed by atoms with E-state index >= 15 is 0 Å². The number of pyridine rings is 8. The second-order valence-corrected chi connectivity index (χ2v) is 21.9. The first-order valence-electron chi connectivity index (χ1n) is 30.4. The van der Waals surface area contributed by atoms with Crippen molar-refractivity contribution in [3.63, 3.8) is 0 Å². The average molecular weight is 1230 g/mol. The largest absolute Gasteiger partial charge is 0.449 e. The van der Waals surface area contributed by atoms with Gasteiger partial charge in [0.05, 0.1) is 26.4 Å². The average Bonchev–Trinajstić information content (AvgIpc) is 2.21. The van der Waals surface area contributed by atoms with E-state index in [0.717, 1.165) is 44.3 Å². The van der Waals surface area contributed by atoms with Crippen LogP contribution in [0.1, 0.15) is 74.1 Å². The van der Waals surface area contributed by atoms with Crippen LogP contribution in [-0.4, -0.2) is 188 Å². The highest BCUT2D eigenvalue weighted by molar-refractivity contribution is 5.89. The first kappa shape index (κ1) is 64.6. The van der Waals surface area contributed by atoms with Crippen LogP contribution in [0.25, 0.3) is 44.1 Å². The molecule has 0 aromatic carbocycles. The summed E-state index contributed by atoms with van der Waals surface area (Å²) in [7, 11) is 0. The number of ether oxygens (including phenoxy) is 4. The van der Waals surface area contributed by atoms with Gasteiger partial charge >= 0.3 is 24.4 Å². The van der Waals surface area contributed by atoms with E-state index in [1.54, 1.807) is 34.1 Å². The summed E-state index contributed by atoms with van der Waals surface area (Å²) in [6.45, 7) is 13.0. The first-order valence-corrected chi connectivity index (χ1v) is 30.4. The molecule has 1 saturated heterocycles. The Balaban J connectivity index is 0.700. The van der Waals surface area contributed by atoms with Crippen molar-refractivity contribution < 1.29 is 47.7 Å². The van der Waals surface area contributed by atoms with E-state index in [1.807, 2.05) is 100 Å². The summed E-state index contributed by atoms with van der Waals surface area (Å²) in [5.74, 6) is 1.29. The highest BCUT2D eigenvalue weighted by Gasteiger charge is 2.24. The van der Waals surface area contributed by atoms with Gasteiger partial charge in [0.2, 0.25) is 11.8 Å². The molecule has 472 valence electrons. The molecule has 1 fully saturated rings. The molecule has 4 N–H and O–H groups in total. The number of rotatable bonds is 28. The van der Waals surface area contributed by atoms with Gasteiger partial charge in [-0.25, -0.2) is 59.0 Å². The fourth-order valence-corrected chi connectivity index (χ4v) is 10.1. The zero-order valence-corrected chi connectivity index (χ0v) is 51.2. The van der Waals surface area contributed by atoms with Crippen molar-refractivity contribution in [2.75, 3.05) is 113 Å². The molecule has 1 aliphatic rings. The summed E-state index contributed by atoms with van der Waals surface area (Å²) in [5, 5.41) is 14.1. The Morgan fingerprint density at radius 1 is 0.344 bits per heavy atom. The SMILES string of the molecule is Cc1ccc2ccc(NC(=O)OCCCN(CCCOC(=O)Nc3ccc4ccc(C)nc4n3)CCCC(=O)N3CCN(C(=O)CCCN(CCCOC(=O)Nc4ccc5ccc(C)nc5n4)CCCOC(=O)Nc4ccc5ccc(C)nc5n4)CC3)nc2n1. The lowest BCUT2D eigenvalue weighted by molar-refractivity contribution is -0.139. The van der Waals surface area contributed by atoms with E-state index < -0.39 is 24.4 Å². The maximum absolute atomic E-state index is 13.6. The van der Waals surface area contributed by atoms with Gasteiger partial charge in [-0.15, -0.1) is 0 Å². The summed E-state index contributed by atoms with van der Waals surface area (Å²) < 4.78 is 22.0. The van der Waals surface area contributed by atoms with Gasteiger partial charge in [-0.3, -0.25) is 30.9 Å². The number of aromatic nitrogens is 8. The van der Waals surface area contributed by atoms with Crippen LogP contribution in [0.2, 0.25) is 0 Å². The van der Waals surface area contributed by atoms with Gasteiger partial charge in [-0.2, -0.15) is 0 Å². The third kappa shape index (κ3) is 20.1. The van der Waals surface area contributed by atoms with Crippen LogP contribution in [0.15, 0.2) is 97.1 Å². The molecule has 8 aromatic heterocycles. The van der Waals surface area contributed by atoms with Crippen LogP contribution < -0.4 is 21.3 Å². The second kappa shape index (κ2) is 32.4. The Bertz CT molecular complexity index is 3350. The van der Waals surface area contributed by atoms with Gasteiger partial charge in [-0.05, 0) is 176 Å². The fraction of sp³-hybridized carbons (Fsp3) is 0.406. The van der Waals surface area contributed by atoms with Gasteiger partial charge in [0.1, 0.15) is 23.3 Å². The Morgan fingerprint density at radius 2 is 0.578 bits per heavy atom. The lowest BCUT2D eigenvalue weighted by Gasteiger charge is -2.35. The standard InChI is InChI=1S/C64H76N16O10/c1-43-13-17-47-21-25-51(69-57(47)65-43)73-61(83)87-39-7-31-77(32-8-40-88-62(84)74-52-26-22-48-18-14-44(2)66-58(48)70-52)29-5-11-55(81)79-35-37-80(38-36-79)56(82)12-6-30-78(33-9-41-89-63(85)75-53-27-23-49-19-15-45(3)67-59(49)71-53)34-10-42-90-64(86)76-54-28-24-50-20-16-46(4)68-60(50)72-54/h13-28H,5-12,29-42H2,1-4H3,(H,65,69,73,83)(H,66,70,74,84)(H,67,71,75,85)(H,68,72,76,86). The van der Waals surface area contributed by atoms with E-state index in [9.17, 15) is 28.8 Å². The van der Waals surface area contributed by atoms with Gasteiger partial charge in [0.15, 0.2) is 22.6 Å². The molecule has 90 heavy (non-hydrogen) atoms. The highest BCUT2D eigenvalue weighted by atomic mass is 16.6. The number of hydrogen-bond donors (Lipinski definition) is 4. The van der Waals surface area contributed by atoms with E-state index in [4.69, 9.17) is 18.9 Å². The van der Waals surface area contributed by atoms with Crippen LogP contribution >= 0.6 is 0 Å². The Labute approximate surface area is 520 Å². The maximum atomic E-state index is 13.6. The van der Waals surface area contributed by atoms with E-state index in [-0.39, 0.29) is 38.2 Å². The molecule has 26 nitrogen and oxygen atoms in total. The molecular weight excluding hydrogens is 1150 g/mol. The zero-order chi connectivity index (χ0) is 63.2. The summed E-state index contributed by atoms with van der Waals surface area (Å²) in [4.78, 5) is 122. The molecule has 0 aliphatic carbocycles. The minimum absolute atomic E-state index is 0.00334. The molecule has 0 unspecified atom stereocenters. The number of amides is 6. The number of anilines is 4. The third-order valence-electron chi connectivity index (χ3n) is 14.8. The number of fused-ring (bicyclic) bond motifs is 4. The molecular formula is C64H76N16O10. The number of nitrogens with one attached hydrogen (secondary N) is 4. The normalized spacial score (nSPS) is 12.4. The van der Waals surface area contributed by atoms with Crippen molar-refractivity contribution >= 4 is 104 Å². The summed E-state index contributed by atoms with van der Waals surface area (Å²) >= 11 is 0. The molecule has 1 aliphatic heterocycles. The van der Waals surface area contributed by atoms with Gasteiger partial charge in [0.25, 0.3) is 0 Å². The van der Waals surface area contributed by atoms with Crippen molar-refractivity contribution in [2.45, 2.75) is 79.1 Å². The van der Waals surface area contributed by atoms with Crippen molar-refractivity contribution in [2.24, 2.45) is 0 Å². The fourth-order valence-electron chi connectivity index (χ4n) is 10.1. The summed E-state index contributed by atoms with van der Waals surface area (Å²) in [6, 6.07) is 29.3. The topological polar surface area (TPSA) is 304 Å².